The minimum absolute atomic E-state index is 0.00629. The Morgan fingerprint density at radius 2 is 1.87 bits per heavy atom. The Bertz CT molecular complexity index is 353. The number of hydrogen-bond acceptors (Lipinski definition) is 2. The lowest BCUT2D eigenvalue weighted by atomic mass is 10.1. The van der Waals surface area contributed by atoms with Gasteiger partial charge in [-0.2, -0.15) is 10.2 Å². The fourth-order valence-electron chi connectivity index (χ4n) is 1.51. The van der Waals surface area contributed by atoms with Gasteiger partial charge in [0.15, 0.2) is 0 Å². The zero-order chi connectivity index (χ0) is 10.9. The molecular weight excluding hydrogens is 188 g/mol. The van der Waals surface area contributed by atoms with Crippen LogP contribution in [0.15, 0.2) is 35.4 Å². The van der Waals surface area contributed by atoms with E-state index in [2.05, 4.69) is 31.3 Å². The zero-order valence-electron chi connectivity index (χ0n) is 9.31. The van der Waals surface area contributed by atoms with Crippen LogP contribution in [0, 0.1) is 0 Å². The molecule has 0 aliphatic carbocycles. The van der Waals surface area contributed by atoms with Crippen molar-refractivity contribution in [2.75, 3.05) is 5.12 Å². The third-order valence-corrected chi connectivity index (χ3v) is 2.22. The number of anilines is 1. The van der Waals surface area contributed by atoms with E-state index in [4.69, 9.17) is 0 Å². The highest BCUT2D eigenvalue weighted by Crippen LogP contribution is 2.13. The zero-order valence-corrected chi connectivity index (χ0v) is 9.31. The molecule has 1 aliphatic rings. The van der Waals surface area contributed by atoms with Crippen LogP contribution in [-0.2, 0) is 0 Å². The molecule has 1 aliphatic heterocycles. The van der Waals surface area contributed by atoms with E-state index in [9.17, 15) is 0 Å². The van der Waals surface area contributed by atoms with Crippen LogP contribution in [-0.4, -0.2) is 11.9 Å². The second-order valence-corrected chi connectivity index (χ2v) is 4.58. The molecule has 0 bridgehead atoms. The van der Waals surface area contributed by atoms with Gasteiger partial charge in [0.1, 0.15) is 5.54 Å². The summed E-state index contributed by atoms with van der Waals surface area (Å²) in [7, 11) is 0. The normalized spacial score (nSPS) is 20.5. The SMILES string of the molecule is CC(C)(C)[NH+]1[N-]C=NN1c1ccccc1. The molecule has 0 saturated carbocycles. The Morgan fingerprint density at radius 1 is 1.20 bits per heavy atom. The minimum Gasteiger partial charge on any atom is -0.328 e. The molecule has 0 aromatic heterocycles. The van der Waals surface area contributed by atoms with E-state index in [0.29, 0.717) is 0 Å². The van der Waals surface area contributed by atoms with Crippen molar-refractivity contribution in [3.63, 3.8) is 0 Å². The van der Waals surface area contributed by atoms with Crippen molar-refractivity contribution in [1.82, 2.24) is 0 Å². The van der Waals surface area contributed by atoms with Gasteiger partial charge < -0.3 is 5.10 Å². The molecule has 1 aromatic rings. The fourth-order valence-corrected chi connectivity index (χ4v) is 1.51. The number of hydrazone groups is 1. The number of hydrogen-bond donors (Lipinski definition) is 1. The van der Waals surface area contributed by atoms with Gasteiger partial charge in [0.2, 0.25) is 0 Å². The largest absolute Gasteiger partial charge is 0.328 e. The molecular formula is C11H16N4. The van der Waals surface area contributed by atoms with Crippen LogP contribution in [0.3, 0.4) is 0 Å². The first-order chi connectivity index (χ1) is 7.09. The summed E-state index contributed by atoms with van der Waals surface area (Å²) < 4.78 is 0. The van der Waals surface area contributed by atoms with E-state index < -0.39 is 0 Å². The fraction of sp³-hybridized carbons (Fsp3) is 0.364. The van der Waals surface area contributed by atoms with E-state index in [0.717, 1.165) is 10.8 Å². The molecule has 80 valence electrons. The van der Waals surface area contributed by atoms with Gasteiger partial charge in [0.05, 0.1) is 5.69 Å². The number of benzene rings is 1. The summed E-state index contributed by atoms with van der Waals surface area (Å²) in [5.74, 6) is 0. The second-order valence-electron chi connectivity index (χ2n) is 4.58. The van der Waals surface area contributed by atoms with Crippen molar-refractivity contribution < 1.29 is 5.12 Å². The Labute approximate surface area is 90.1 Å². The summed E-state index contributed by atoms with van der Waals surface area (Å²) in [6.07, 6.45) is 1.60. The van der Waals surface area contributed by atoms with E-state index in [1.165, 1.54) is 0 Å². The van der Waals surface area contributed by atoms with Crippen molar-refractivity contribution in [3.05, 3.63) is 35.8 Å². The van der Waals surface area contributed by atoms with Crippen LogP contribution in [0.4, 0.5) is 5.69 Å². The van der Waals surface area contributed by atoms with Crippen molar-refractivity contribution in [2.24, 2.45) is 5.10 Å². The Morgan fingerprint density at radius 3 is 2.47 bits per heavy atom. The molecule has 4 heteroatoms. The summed E-state index contributed by atoms with van der Waals surface area (Å²) in [6, 6.07) is 10.1. The predicted molar refractivity (Wildman–Crippen MR) is 61.5 cm³/mol. The first-order valence-electron chi connectivity index (χ1n) is 5.05. The van der Waals surface area contributed by atoms with Crippen molar-refractivity contribution in [3.8, 4) is 0 Å². The Balaban J connectivity index is 2.26. The molecule has 1 atom stereocenters. The van der Waals surface area contributed by atoms with Crippen LogP contribution in [0.5, 0.6) is 0 Å². The first-order valence-corrected chi connectivity index (χ1v) is 5.05. The quantitative estimate of drug-likeness (QED) is 0.736. The van der Waals surface area contributed by atoms with Gasteiger partial charge in [-0.15, -0.1) is 0 Å². The predicted octanol–water partition coefficient (Wildman–Crippen LogP) is 1.34. The van der Waals surface area contributed by atoms with Crippen LogP contribution >= 0.6 is 0 Å². The highest BCUT2D eigenvalue weighted by Gasteiger charge is 2.29. The number of para-hydroxylation sites is 1. The molecule has 1 aromatic carbocycles. The maximum Gasteiger partial charge on any atom is 0.121 e. The van der Waals surface area contributed by atoms with Crippen LogP contribution in [0.25, 0.3) is 5.43 Å². The summed E-state index contributed by atoms with van der Waals surface area (Å²) >= 11 is 0. The molecule has 1 unspecified atom stereocenters. The van der Waals surface area contributed by atoms with Crippen molar-refractivity contribution in [2.45, 2.75) is 26.3 Å². The number of quaternary nitrogens is 1. The van der Waals surface area contributed by atoms with Gasteiger partial charge in [-0.05, 0) is 39.2 Å². The van der Waals surface area contributed by atoms with Crippen LogP contribution in [0.2, 0.25) is 0 Å². The Hall–Kier alpha value is -1.55. The number of rotatable bonds is 1. The molecule has 0 amide bonds. The summed E-state index contributed by atoms with van der Waals surface area (Å²) in [5, 5.41) is 7.13. The molecule has 15 heavy (non-hydrogen) atoms. The third-order valence-electron chi connectivity index (χ3n) is 2.22. The standard InChI is InChI=1S/C11H16N4/c1-11(2,3)15-13-9-12-14(15)10-7-5-4-6-8-10/h4-9,15H,1-3H3. The van der Waals surface area contributed by atoms with E-state index in [1.807, 2.05) is 35.4 Å². The van der Waals surface area contributed by atoms with Gasteiger partial charge >= 0.3 is 0 Å². The molecule has 0 radical (unpaired) electrons. The molecule has 1 heterocycles. The molecule has 0 spiro atoms. The molecule has 0 saturated heterocycles. The number of nitrogens with zero attached hydrogens (tertiary/aromatic N) is 3. The Kier molecular flexibility index (Phi) is 2.36. The van der Waals surface area contributed by atoms with E-state index in [1.54, 1.807) is 6.34 Å². The number of nitrogens with one attached hydrogen (secondary N) is 1. The lowest BCUT2D eigenvalue weighted by Gasteiger charge is -2.37. The summed E-state index contributed by atoms with van der Waals surface area (Å²) in [5.41, 5.74) is 5.38. The van der Waals surface area contributed by atoms with Crippen molar-refractivity contribution in [1.29, 1.82) is 0 Å². The van der Waals surface area contributed by atoms with Gasteiger partial charge in [-0.1, -0.05) is 18.2 Å². The topological polar surface area (TPSA) is 34.1 Å². The minimum atomic E-state index is 0.00629. The lowest BCUT2D eigenvalue weighted by Crippen LogP contribution is -3.19. The van der Waals surface area contributed by atoms with Gasteiger partial charge in [-0.25, -0.2) is 0 Å². The second kappa shape index (κ2) is 3.55. The molecule has 0 fully saturated rings. The monoisotopic (exact) mass is 204 g/mol. The average molecular weight is 204 g/mol. The molecule has 2 rings (SSSR count). The van der Waals surface area contributed by atoms with Gasteiger partial charge in [0, 0.05) is 0 Å². The smallest absolute Gasteiger partial charge is 0.121 e. The average Bonchev–Trinajstić information content (AvgIpc) is 2.67. The summed E-state index contributed by atoms with van der Waals surface area (Å²) in [4.78, 5) is 0. The highest BCUT2D eigenvalue weighted by molar-refractivity contribution is 5.70. The maximum atomic E-state index is 4.32. The summed E-state index contributed by atoms with van der Waals surface area (Å²) in [6.45, 7) is 6.41. The van der Waals surface area contributed by atoms with Gasteiger partial charge in [-0.3, -0.25) is 5.43 Å². The lowest BCUT2D eigenvalue weighted by molar-refractivity contribution is -0.911. The third kappa shape index (κ3) is 1.94. The van der Waals surface area contributed by atoms with Crippen molar-refractivity contribution >= 4 is 12.0 Å². The molecule has 4 nitrogen and oxygen atoms in total. The van der Waals surface area contributed by atoms with Crippen LogP contribution in [0.1, 0.15) is 20.8 Å². The highest BCUT2D eigenvalue weighted by atomic mass is 15.9. The van der Waals surface area contributed by atoms with Gasteiger partial charge in [0.25, 0.3) is 0 Å². The first kappa shape index (κ1) is 9.98. The van der Waals surface area contributed by atoms with E-state index in [-0.39, 0.29) is 5.54 Å². The maximum absolute atomic E-state index is 4.32. The van der Waals surface area contributed by atoms with Crippen LogP contribution < -0.4 is 10.2 Å². The molecule has 1 N–H and O–H groups in total. The van der Waals surface area contributed by atoms with E-state index >= 15 is 0 Å².